The van der Waals surface area contributed by atoms with Crippen molar-refractivity contribution in [3.8, 4) is 56.4 Å². The maximum absolute atomic E-state index is 5.25. The van der Waals surface area contributed by atoms with Crippen molar-refractivity contribution >= 4 is 32.3 Å². The van der Waals surface area contributed by atoms with Gasteiger partial charge in [0.25, 0.3) is 0 Å². The molecule has 0 N–H and O–H groups in total. The molecule has 0 bridgehead atoms. The maximum Gasteiger partial charge on any atom is 0.165 e. The van der Waals surface area contributed by atoms with E-state index in [0.717, 1.165) is 44.0 Å². The molecule has 224 valence electrons. The zero-order valence-electron chi connectivity index (χ0n) is 26.1. The first-order valence-electron chi connectivity index (χ1n) is 16.2. The van der Waals surface area contributed by atoms with Crippen LogP contribution in [0.15, 0.2) is 176 Å². The van der Waals surface area contributed by atoms with E-state index in [1.807, 2.05) is 24.3 Å². The van der Waals surface area contributed by atoms with Crippen LogP contribution in [0.2, 0.25) is 0 Å². The van der Waals surface area contributed by atoms with Gasteiger partial charge in [0, 0.05) is 16.7 Å². The second kappa shape index (κ2) is 11.7. The lowest BCUT2D eigenvalue weighted by molar-refractivity contribution is 1.08. The Kier molecular flexibility index (Phi) is 6.80. The molecule has 0 fully saturated rings. The van der Waals surface area contributed by atoms with Crippen LogP contribution < -0.4 is 0 Å². The van der Waals surface area contributed by atoms with Gasteiger partial charge in [0.1, 0.15) is 0 Å². The molecule has 0 unspecified atom stereocenters. The molecule has 0 aliphatic heterocycles. The van der Waals surface area contributed by atoms with Crippen LogP contribution in [0.3, 0.4) is 0 Å². The minimum absolute atomic E-state index is 0.642. The third kappa shape index (κ3) is 4.99. The average Bonchev–Trinajstić information content (AvgIpc) is 3.17. The third-order valence-electron chi connectivity index (χ3n) is 9.11. The Bertz CT molecular complexity index is 2590. The van der Waals surface area contributed by atoms with Gasteiger partial charge in [0.05, 0.1) is 0 Å². The van der Waals surface area contributed by atoms with E-state index < -0.39 is 0 Å². The minimum Gasteiger partial charge on any atom is -0.208 e. The van der Waals surface area contributed by atoms with Crippen molar-refractivity contribution in [3.63, 3.8) is 0 Å². The van der Waals surface area contributed by atoms with E-state index in [9.17, 15) is 0 Å². The fraction of sp³-hybridized carbons (Fsp3) is 0. The van der Waals surface area contributed by atoms with Gasteiger partial charge >= 0.3 is 0 Å². The summed E-state index contributed by atoms with van der Waals surface area (Å²) in [7, 11) is 0. The summed E-state index contributed by atoms with van der Waals surface area (Å²) in [6.45, 7) is 0. The number of rotatable bonds is 5. The average molecular weight is 612 g/mol. The second-order valence-corrected chi connectivity index (χ2v) is 12.1. The molecular weight excluding hydrogens is 583 g/mol. The van der Waals surface area contributed by atoms with Gasteiger partial charge in [-0.05, 0) is 66.7 Å². The molecule has 0 aliphatic rings. The summed E-state index contributed by atoms with van der Waals surface area (Å²) in [6.07, 6.45) is 0. The summed E-state index contributed by atoms with van der Waals surface area (Å²) in [5.74, 6) is 1.95. The zero-order valence-corrected chi connectivity index (χ0v) is 26.1. The Morgan fingerprint density at radius 3 is 1.52 bits per heavy atom. The topological polar surface area (TPSA) is 38.7 Å². The van der Waals surface area contributed by atoms with Crippen molar-refractivity contribution in [3.05, 3.63) is 176 Å². The highest BCUT2D eigenvalue weighted by Gasteiger charge is 2.18. The van der Waals surface area contributed by atoms with Gasteiger partial charge in [0.2, 0.25) is 0 Å². The Morgan fingerprint density at radius 2 is 0.771 bits per heavy atom. The predicted molar refractivity (Wildman–Crippen MR) is 200 cm³/mol. The van der Waals surface area contributed by atoms with Crippen molar-refractivity contribution in [1.29, 1.82) is 0 Å². The highest BCUT2D eigenvalue weighted by atomic mass is 15.0. The number of benzene rings is 8. The molecule has 48 heavy (non-hydrogen) atoms. The van der Waals surface area contributed by atoms with E-state index in [1.165, 1.54) is 27.3 Å². The normalized spacial score (nSPS) is 11.3. The van der Waals surface area contributed by atoms with Crippen LogP contribution in [0, 0.1) is 0 Å². The van der Waals surface area contributed by atoms with Crippen molar-refractivity contribution in [2.75, 3.05) is 0 Å². The lowest BCUT2D eigenvalue weighted by Crippen LogP contribution is -2.01. The SMILES string of the molecule is c1ccc(-c2ccc(-c3cccc(-c4nc(-c5ccccc5)nc(-c5c6ccccc6cc6c5ccc5ccccc56)n4)c3)cc2)cc1. The first kappa shape index (κ1) is 27.8. The first-order chi connectivity index (χ1) is 23.8. The Hall–Kier alpha value is -6.45. The standard InChI is InChI=1S/C45H29N3/c1-3-12-30(13-4-1)31-22-24-32(25-23-31)35-18-11-19-37(28-35)44-46-43(34-15-5-2-6-16-34)47-45(48-44)42-39-21-10-8-17-36(39)29-41-38-20-9-7-14-33(38)26-27-40(41)42/h1-29H. The van der Waals surface area contributed by atoms with E-state index in [1.54, 1.807) is 0 Å². The largest absolute Gasteiger partial charge is 0.208 e. The van der Waals surface area contributed by atoms with Gasteiger partial charge in [-0.25, -0.2) is 15.0 Å². The molecule has 0 radical (unpaired) electrons. The van der Waals surface area contributed by atoms with Gasteiger partial charge in [-0.15, -0.1) is 0 Å². The van der Waals surface area contributed by atoms with Crippen LogP contribution in [0.1, 0.15) is 0 Å². The lowest BCUT2D eigenvalue weighted by atomic mass is 9.93. The minimum atomic E-state index is 0.642. The summed E-state index contributed by atoms with van der Waals surface area (Å²) in [5.41, 5.74) is 7.56. The smallest absolute Gasteiger partial charge is 0.165 e. The van der Waals surface area contributed by atoms with E-state index in [-0.39, 0.29) is 0 Å². The van der Waals surface area contributed by atoms with Crippen LogP contribution in [-0.2, 0) is 0 Å². The van der Waals surface area contributed by atoms with E-state index in [2.05, 4.69) is 152 Å². The highest BCUT2D eigenvalue weighted by molar-refractivity contribution is 6.19. The first-order valence-corrected chi connectivity index (χ1v) is 16.2. The maximum atomic E-state index is 5.25. The second-order valence-electron chi connectivity index (χ2n) is 12.1. The molecule has 0 saturated carbocycles. The quantitative estimate of drug-likeness (QED) is 0.144. The molecule has 0 saturated heterocycles. The lowest BCUT2D eigenvalue weighted by Gasteiger charge is -2.15. The molecule has 0 aliphatic carbocycles. The summed E-state index contributed by atoms with van der Waals surface area (Å²) in [4.78, 5) is 15.5. The highest BCUT2D eigenvalue weighted by Crippen LogP contribution is 2.39. The van der Waals surface area contributed by atoms with Crippen LogP contribution in [-0.4, -0.2) is 15.0 Å². The molecule has 1 aromatic heterocycles. The predicted octanol–water partition coefficient (Wildman–Crippen LogP) is 11.7. The van der Waals surface area contributed by atoms with Gasteiger partial charge < -0.3 is 0 Å². The Morgan fingerprint density at radius 1 is 0.250 bits per heavy atom. The van der Waals surface area contributed by atoms with Crippen LogP contribution in [0.25, 0.3) is 88.7 Å². The molecule has 3 heteroatoms. The van der Waals surface area contributed by atoms with E-state index in [4.69, 9.17) is 15.0 Å². The van der Waals surface area contributed by atoms with Crippen molar-refractivity contribution in [2.45, 2.75) is 0 Å². The molecule has 1 heterocycles. The zero-order chi connectivity index (χ0) is 31.9. The number of fused-ring (bicyclic) bond motifs is 4. The molecule has 8 aromatic carbocycles. The monoisotopic (exact) mass is 611 g/mol. The van der Waals surface area contributed by atoms with Gasteiger partial charge in [-0.1, -0.05) is 164 Å². The van der Waals surface area contributed by atoms with Gasteiger partial charge in [-0.3, -0.25) is 0 Å². The molecule has 0 atom stereocenters. The van der Waals surface area contributed by atoms with E-state index in [0.29, 0.717) is 17.5 Å². The third-order valence-corrected chi connectivity index (χ3v) is 9.11. The van der Waals surface area contributed by atoms with Crippen molar-refractivity contribution < 1.29 is 0 Å². The van der Waals surface area contributed by atoms with Crippen LogP contribution in [0.5, 0.6) is 0 Å². The van der Waals surface area contributed by atoms with Gasteiger partial charge in [-0.2, -0.15) is 0 Å². The fourth-order valence-corrected chi connectivity index (χ4v) is 6.72. The number of hydrogen-bond acceptors (Lipinski definition) is 3. The number of hydrogen-bond donors (Lipinski definition) is 0. The molecule has 0 spiro atoms. The fourth-order valence-electron chi connectivity index (χ4n) is 6.72. The molecular formula is C45H29N3. The van der Waals surface area contributed by atoms with Crippen LogP contribution in [0.4, 0.5) is 0 Å². The molecule has 9 rings (SSSR count). The van der Waals surface area contributed by atoms with Crippen molar-refractivity contribution in [1.82, 2.24) is 15.0 Å². The summed E-state index contributed by atoms with van der Waals surface area (Å²) >= 11 is 0. The molecule has 0 amide bonds. The molecule has 9 aromatic rings. The molecule has 3 nitrogen and oxygen atoms in total. The van der Waals surface area contributed by atoms with E-state index >= 15 is 0 Å². The number of nitrogens with zero attached hydrogens (tertiary/aromatic N) is 3. The Balaban J connectivity index is 1.24. The summed E-state index contributed by atoms with van der Waals surface area (Å²) in [5, 5.41) is 7.00. The van der Waals surface area contributed by atoms with Crippen molar-refractivity contribution in [2.24, 2.45) is 0 Å². The number of aromatic nitrogens is 3. The Labute approximate surface area is 278 Å². The summed E-state index contributed by atoms with van der Waals surface area (Å²) in [6, 6.07) is 61.7. The van der Waals surface area contributed by atoms with Crippen LogP contribution >= 0.6 is 0 Å². The summed E-state index contributed by atoms with van der Waals surface area (Å²) < 4.78 is 0. The van der Waals surface area contributed by atoms with Gasteiger partial charge in [0.15, 0.2) is 17.5 Å².